The molecule has 2 aliphatic rings. The molecule has 2 aromatic rings. The summed E-state index contributed by atoms with van der Waals surface area (Å²) in [7, 11) is 0. The summed E-state index contributed by atoms with van der Waals surface area (Å²) >= 11 is 0. The Labute approximate surface area is 150 Å². The van der Waals surface area contributed by atoms with E-state index in [1.165, 1.54) is 24.3 Å². The highest BCUT2D eigenvalue weighted by atomic mass is 19.1. The van der Waals surface area contributed by atoms with Crippen molar-refractivity contribution in [3.05, 3.63) is 65.5 Å². The van der Waals surface area contributed by atoms with Crippen LogP contribution in [0.2, 0.25) is 0 Å². The summed E-state index contributed by atoms with van der Waals surface area (Å²) in [6.07, 6.45) is 2.20. The number of nitrogens with zero attached hydrogens (tertiary/aromatic N) is 2. The van der Waals surface area contributed by atoms with Gasteiger partial charge in [0.25, 0.3) is 17.7 Å². The van der Waals surface area contributed by atoms with E-state index in [0.717, 1.165) is 17.7 Å². The van der Waals surface area contributed by atoms with Crippen molar-refractivity contribution in [3.8, 4) is 0 Å². The molecule has 1 fully saturated rings. The van der Waals surface area contributed by atoms with Gasteiger partial charge in [-0.3, -0.25) is 14.4 Å². The molecule has 0 saturated carbocycles. The molecule has 0 radical (unpaired) electrons. The van der Waals surface area contributed by atoms with Crippen molar-refractivity contribution in [1.82, 2.24) is 4.90 Å². The monoisotopic (exact) mass is 352 g/mol. The topological polar surface area (TPSA) is 57.7 Å². The largest absolute Gasteiger partial charge is 0.327 e. The van der Waals surface area contributed by atoms with Crippen molar-refractivity contribution in [3.63, 3.8) is 0 Å². The molecule has 6 heteroatoms. The van der Waals surface area contributed by atoms with Crippen molar-refractivity contribution >= 4 is 23.4 Å². The highest BCUT2D eigenvalue weighted by Crippen LogP contribution is 2.32. The maximum absolute atomic E-state index is 13.2. The van der Waals surface area contributed by atoms with Gasteiger partial charge in [-0.1, -0.05) is 12.1 Å². The second-order valence-electron chi connectivity index (χ2n) is 6.51. The first-order chi connectivity index (χ1) is 12.6. The van der Waals surface area contributed by atoms with Gasteiger partial charge in [0.15, 0.2) is 0 Å². The Balaban J connectivity index is 1.85. The summed E-state index contributed by atoms with van der Waals surface area (Å²) in [6, 6.07) is 11.0. The van der Waals surface area contributed by atoms with Gasteiger partial charge in [0.05, 0.1) is 11.3 Å². The summed E-state index contributed by atoms with van der Waals surface area (Å²) in [6.45, 7) is 0.502. The Hall–Kier alpha value is -3.02. The Morgan fingerprint density at radius 1 is 1.00 bits per heavy atom. The fourth-order valence-electron chi connectivity index (χ4n) is 3.63. The number of hydrogen-bond acceptors (Lipinski definition) is 3. The molecular formula is C20H17FN2O3. The van der Waals surface area contributed by atoms with Crippen LogP contribution in [0.3, 0.4) is 0 Å². The minimum Gasteiger partial charge on any atom is -0.327 e. The number of fused-ring (bicyclic) bond motifs is 2. The molecule has 26 heavy (non-hydrogen) atoms. The van der Waals surface area contributed by atoms with Crippen molar-refractivity contribution < 1.29 is 18.8 Å². The van der Waals surface area contributed by atoms with E-state index < -0.39 is 23.7 Å². The number of imide groups is 1. The zero-order valence-corrected chi connectivity index (χ0v) is 14.0. The van der Waals surface area contributed by atoms with Crippen molar-refractivity contribution in [2.75, 3.05) is 11.4 Å². The van der Waals surface area contributed by atoms with Crippen LogP contribution in [0.5, 0.6) is 0 Å². The average molecular weight is 352 g/mol. The van der Waals surface area contributed by atoms with Gasteiger partial charge in [0.2, 0.25) is 0 Å². The van der Waals surface area contributed by atoms with E-state index in [2.05, 4.69) is 0 Å². The summed E-state index contributed by atoms with van der Waals surface area (Å²) in [4.78, 5) is 41.9. The number of halogens is 1. The first kappa shape index (κ1) is 16.4. The fourth-order valence-corrected chi connectivity index (χ4v) is 3.63. The van der Waals surface area contributed by atoms with Crippen LogP contribution in [0, 0.1) is 5.82 Å². The molecule has 1 unspecified atom stereocenters. The van der Waals surface area contributed by atoms with Crippen LogP contribution in [0.15, 0.2) is 48.5 Å². The highest BCUT2D eigenvalue weighted by Gasteiger charge is 2.42. The van der Waals surface area contributed by atoms with E-state index >= 15 is 0 Å². The van der Waals surface area contributed by atoms with Crippen molar-refractivity contribution in [2.24, 2.45) is 0 Å². The van der Waals surface area contributed by atoms with Gasteiger partial charge in [-0.25, -0.2) is 9.29 Å². The maximum atomic E-state index is 13.2. The second-order valence-corrected chi connectivity index (χ2v) is 6.51. The molecule has 1 saturated heterocycles. The third kappa shape index (κ3) is 2.58. The van der Waals surface area contributed by atoms with E-state index in [1.54, 1.807) is 29.2 Å². The zero-order chi connectivity index (χ0) is 18.3. The first-order valence-corrected chi connectivity index (χ1v) is 8.62. The predicted octanol–water partition coefficient (Wildman–Crippen LogP) is 3.01. The third-order valence-electron chi connectivity index (χ3n) is 4.94. The number of amides is 3. The SMILES string of the molecule is O=C(c1ccc(F)cc1)N1C(=O)C2CCCCN2C(=O)c2ccccc21. The predicted molar refractivity (Wildman–Crippen MR) is 93.3 cm³/mol. The number of benzene rings is 2. The molecule has 0 spiro atoms. The van der Waals surface area contributed by atoms with Crippen LogP contribution in [-0.2, 0) is 4.79 Å². The minimum absolute atomic E-state index is 0.200. The third-order valence-corrected chi connectivity index (χ3v) is 4.94. The highest BCUT2D eigenvalue weighted by molar-refractivity contribution is 6.26. The molecule has 4 rings (SSSR count). The lowest BCUT2D eigenvalue weighted by atomic mass is 10.0. The molecular weight excluding hydrogens is 335 g/mol. The fraction of sp³-hybridized carbons (Fsp3) is 0.250. The molecule has 132 valence electrons. The Morgan fingerprint density at radius 2 is 1.73 bits per heavy atom. The van der Waals surface area contributed by atoms with Gasteiger partial charge in [0, 0.05) is 12.1 Å². The number of para-hydroxylation sites is 1. The molecule has 0 aromatic heterocycles. The van der Waals surface area contributed by atoms with E-state index in [1.807, 2.05) is 0 Å². The van der Waals surface area contributed by atoms with Gasteiger partial charge in [-0.15, -0.1) is 0 Å². The lowest BCUT2D eigenvalue weighted by Gasteiger charge is -2.34. The van der Waals surface area contributed by atoms with Crippen LogP contribution < -0.4 is 4.90 Å². The van der Waals surface area contributed by atoms with Crippen molar-refractivity contribution in [2.45, 2.75) is 25.3 Å². The van der Waals surface area contributed by atoms with E-state index in [0.29, 0.717) is 18.5 Å². The van der Waals surface area contributed by atoms with Crippen LogP contribution in [0.1, 0.15) is 40.0 Å². The Bertz CT molecular complexity index is 894. The number of piperidine rings is 1. The number of hydrogen-bond donors (Lipinski definition) is 0. The Kier molecular flexibility index (Phi) is 4.03. The van der Waals surface area contributed by atoms with Gasteiger partial charge in [-0.2, -0.15) is 0 Å². The first-order valence-electron chi connectivity index (χ1n) is 8.62. The average Bonchev–Trinajstić information content (AvgIpc) is 2.76. The quantitative estimate of drug-likeness (QED) is 0.742. The molecule has 3 amide bonds. The summed E-state index contributed by atoms with van der Waals surface area (Å²) in [5.74, 6) is -1.65. The maximum Gasteiger partial charge on any atom is 0.265 e. The van der Waals surface area contributed by atoms with E-state index in [-0.39, 0.29) is 17.2 Å². The van der Waals surface area contributed by atoms with Crippen molar-refractivity contribution in [1.29, 1.82) is 0 Å². The zero-order valence-electron chi connectivity index (χ0n) is 14.0. The second kappa shape index (κ2) is 6.37. The molecule has 5 nitrogen and oxygen atoms in total. The number of carbonyl (C=O) groups excluding carboxylic acids is 3. The lowest BCUT2D eigenvalue weighted by molar-refractivity contribution is -0.123. The van der Waals surface area contributed by atoms with Crippen LogP contribution in [0.25, 0.3) is 0 Å². The smallest absolute Gasteiger partial charge is 0.265 e. The van der Waals surface area contributed by atoms with Crippen LogP contribution in [-0.4, -0.2) is 35.2 Å². The number of carbonyl (C=O) groups is 3. The molecule has 2 aromatic carbocycles. The minimum atomic E-state index is -0.645. The van der Waals surface area contributed by atoms with Crippen LogP contribution in [0.4, 0.5) is 10.1 Å². The lowest BCUT2D eigenvalue weighted by Crippen LogP contribution is -2.52. The standard InChI is InChI=1S/C20H17FN2O3/c21-14-10-8-13(9-11-14)18(24)23-16-6-2-1-5-15(16)19(25)22-12-4-3-7-17(22)20(23)26/h1-2,5-6,8-11,17H,3-4,7,12H2. The molecule has 1 atom stereocenters. The number of anilines is 1. The molecule has 0 aliphatic carbocycles. The summed E-state index contributed by atoms with van der Waals surface area (Å²) in [5, 5.41) is 0. The molecule has 0 N–H and O–H groups in total. The molecule has 2 heterocycles. The molecule has 0 bridgehead atoms. The van der Waals surface area contributed by atoms with Crippen LogP contribution >= 0.6 is 0 Å². The van der Waals surface area contributed by atoms with Gasteiger partial charge >= 0.3 is 0 Å². The number of rotatable bonds is 1. The summed E-state index contributed by atoms with van der Waals surface area (Å²) in [5.41, 5.74) is 0.818. The van der Waals surface area contributed by atoms with Gasteiger partial charge in [0.1, 0.15) is 11.9 Å². The Morgan fingerprint density at radius 3 is 2.50 bits per heavy atom. The molecule has 2 aliphatic heterocycles. The van der Waals surface area contributed by atoms with E-state index in [4.69, 9.17) is 0 Å². The summed E-state index contributed by atoms with van der Waals surface area (Å²) < 4.78 is 13.2. The van der Waals surface area contributed by atoms with E-state index in [9.17, 15) is 18.8 Å². The normalized spacial score (nSPS) is 19.7. The van der Waals surface area contributed by atoms with Gasteiger partial charge < -0.3 is 4.90 Å². The van der Waals surface area contributed by atoms with Gasteiger partial charge in [-0.05, 0) is 55.7 Å².